The summed E-state index contributed by atoms with van der Waals surface area (Å²) in [6.07, 6.45) is 4.46. The van der Waals surface area contributed by atoms with Crippen LogP contribution in [0.25, 0.3) is 11.4 Å². The molecule has 0 N–H and O–H groups in total. The standard InChI is InChI=1S/C18H16Cl2N4O/c19-15-4-3-12(8-16(15)20)10-24-7-5-14(11-24)18-22-17(23-25-18)13-2-1-6-21-9-13/h1-4,6,8-9,14H,5,7,10-11H2. The van der Waals surface area contributed by atoms with Gasteiger partial charge in [0.05, 0.1) is 16.0 Å². The fraction of sp³-hybridized carbons (Fsp3) is 0.278. The molecule has 3 aromatic rings. The Morgan fingerprint density at radius 3 is 2.92 bits per heavy atom. The number of likely N-dealkylation sites (tertiary alicyclic amines) is 1. The summed E-state index contributed by atoms with van der Waals surface area (Å²) in [4.78, 5) is 11.0. The first-order valence-electron chi connectivity index (χ1n) is 8.09. The molecule has 0 spiro atoms. The van der Waals surface area contributed by atoms with Gasteiger partial charge in [0.1, 0.15) is 0 Å². The van der Waals surface area contributed by atoms with Crippen LogP contribution in [0.1, 0.15) is 23.8 Å². The maximum atomic E-state index is 6.10. The average molecular weight is 375 g/mol. The van der Waals surface area contributed by atoms with Gasteiger partial charge < -0.3 is 4.52 Å². The highest BCUT2D eigenvalue weighted by molar-refractivity contribution is 6.42. The van der Waals surface area contributed by atoms with Crippen LogP contribution in [-0.2, 0) is 6.54 Å². The molecular formula is C18H16Cl2N4O. The van der Waals surface area contributed by atoms with E-state index in [1.54, 1.807) is 12.4 Å². The van der Waals surface area contributed by atoms with Gasteiger partial charge in [-0.1, -0.05) is 34.4 Å². The number of benzene rings is 1. The number of hydrogen-bond donors (Lipinski definition) is 0. The summed E-state index contributed by atoms with van der Waals surface area (Å²) in [5.41, 5.74) is 2.01. The first-order valence-corrected chi connectivity index (χ1v) is 8.85. The van der Waals surface area contributed by atoms with Gasteiger partial charge in [-0.05, 0) is 42.8 Å². The Hall–Kier alpha value is -1.95. The third-order valence-electron chi connectivity index (χ3n) is 4.37. The largest absolute Gasteiger partial charge is 0.339 e. The van der Waals surface area contributed by atoms with Gasteiger partial charge in [-0.2, -0.15) is 4.98 Å². The molecule has 1 atom stereocenters. The van der Waals surface area contributed by atoms with Crippen molar-refractivity contribution in [1.29, 1.82) is 0 Å². The van der Waals surface area contributed by atoms with E-state index in [2.05, 4.69) is 20.0 Å². The summed E-state index contributed by atoms with van der Waals surface area (Å²) in [5, 5.41) is 5.26. The van der Waals surface area contributed by atoms with Crippen molar-refractivity contribution >= 4 is 23.2 Å². The van der Waals surface area contributed by atoms with Crippen LogP contribution in [0.3, 0.4) is 0 Å². The summed E-state index contributed by atoms with van der Waals surface area (Å²) < 4.78 is 5.48. The van der Waals surface area contributed by atoms with E-state index in [0.29, 0.717) is 21.8 Å². The maximum Gasteiger partial charge on any atom is 0.231 e. The van der Waals surface area contributed by atoms with Gasteiger partial charge >= 0.3 is 0 Å². The molecule has 2 aromatic heterocycles. The van der Waals surface area contributed by atoms with Gasteiger partial charge in [0, 0.05) is 31.0 Å². The van der Waals surface area contributed by atoms with Crippen molar-refractivity contribution in [2.45, 2.75) is 18.9 Å². The highest BCUT2D eigenvalue weighted by Crippen LogP contribution is 2.29. The smallest absolute Gasteiger partial charge is 0.231 e. The number of pyridine rings is 1. The van der Waals surface area contributed by atoms with E-state index < -0.39 is 0 Å². The highest BCUT2D eigenvalue weighted by atomic mass is 35.5. The van der Waals surface area contributed by atoms with E-state index >= 15 is 0 Å². The van der Waals surface area contributed by atoms with E-state index in [-0.39, 0.29) is 5.92 Å². The minimum atomic E-state index is 0.251. The van der Waals surface area contributed by atoms with Crippen molar-refractivity contribution < 1.29 is 4.52 Å². The van der Waals surface area contributed by atoms with Gasteiger partial charge in [0.2, 0.25) is 11.7 Å². The average Bonchev–Trinajstić information content (AvgIpc) is 3.28. The SMILES string of the molecule is Clc1ccc(CN2CCC(c3nc(-c4cccnc4)no3)C2)cc1Cl. The van der Waals surface area contributed by atoms with E-state index in [9.17, 15) is 0 Å². The van der Waals surface area contributed by atoms with Crippen LogP contribution < -0.4 is 0 Å². The Kier molecular flexibility index (Phi) is 4.70. The number of nitrogens with zero attached hydrogens (tertiary/aromatic N) is 4. The zero-order chi connectivity index (χ0) is 17.2. The van der Waals surface area contributed by atoms with Crippen LogP contribution in [0.5, 0.6) is 0 Å². The molecule has 25 heavy (non-hydrogen) atoms. The monoisotopic (exact) mass is 374 g/mol. The second-order valence-corrected chi connectivity index (χ2v) is 6.98. The van der Waals surface area contributed by atoms with Gasteiger partial charge in [0.25, 0.3) is 0 Å². The first kappa shape index (κ1) is 16.5. The zero-order valence-corrected chi connectivity index (χ0v) is 14.9. The lowest BCUT2D eigenvalue weighted by Gasteiger charge is -2.15. The highest BCUT2D eigenvalue weighted by Gasteiger charge is 2.28. The van der Waals surface area contributed by atoms with Crippen molar-refractivity contribution in [1.82, 2.24) is 20.0 Å². The Morgan fingerprint density at radius 1 is 1.20 bits per heavy atom. The summed E-state index contributed by atoms with van der Waals surface area (Å²) in [5.74, 6) is 1.53. The zero-order valence-electron chi connectivity index (χ0n) is 13.4. The number of rotatable bonds is 4. The van der Waals surface area contributed by atoms with Crippen molar-refractivity contribution in [3.8, 4) is 11.4 Å². The van der Waals surface area contributed by atoms with Gasteiger partial charge in [-0.25, -0.2) is 0 Å². The molecule has 1 aliphatic heterocycles. The van der Waals surface area contributed by atoms with Gasteiger partial charge in [-0.15, -0.1) is 0 Å². The number of aromatic nitrogens is 3. The normalized spacial score (nSPS) is 17.9. The molecule has 3 heterocycles. The van der Waals surface area contributed by atoms with Crippen molar-refractivity contribution in [3.05, 3.63) is 64.2 Å². The third kappa shape index (κ3) is 3.68. The second-order valence-electron chi connectivity index (χ2n) is 6.17. The van der Waals surface area contributed by atoms with Crippen molar-refractivity contribution in [2.24, 2.45) is 0 Å². The first-order chi connectivity index (χ1) is 12.2. The molecule has 0 amide bonds. The van der Waals surface area contributed by atoms with Crippen LogP contribution >= 0.6 is 23.2 Å². The summed E-state index contributed by atoms with van der Waals surface area (Å²) >= 11 is 12.1. The molecule has 0 saturated carbocycles. The number of halogens is 2. The third-order valence-corrected chi connectivity index (χ3v) is 5.11. The van der Waals surface area contributed by atoms with Crippen LogP contribution in [0.15, 0.2) is 47.2 Å². The second kappa shape index (κ2) is 7.12. The van der Waals surface area contributed by atoms with Crippen molar-refractivity contribution in [2.75, 3.05) is 13.1 Å². The van der Waals surface area contributed by atoms with Crippen LogP contribution in [0.4, 0.5) is 0 Å². The Labute approximate surface area is 155 Å². The van der Waals surface area contributed by atoms with Crippen LogP contribution in [-0.4, -0.2) is 33.1 Å². The molecule has 128 valence electrons. The molecule has 7 heteroatoms. The minimum absolute atomic E-state index is 0.251. The van der Waals surface area contributed by atoms with Crippen LogP contribution in [0, 0.1) is 0 Å². The summed E-state index contributed by atoms with van der Waals surface area (Å²) in [6, 6.07) is 9.55. The fourth-order valence-corrected chi connectivity index (χ4v) is 3.41. The van der Waals surface area contributed by atoms with Gasteiger partial charge in [0.15, 0.2) is 0 Å². The molecule has 1 aromatic carbocycles. The Balaban J connectivity index is 1.42. The van der Waals surface area contributed by atoms with E-state index in [1.807, 2.05) is 30.3 Å². The van der Waals surface area contributed by atoms with Crippen molar-refractivity contribution in [3.63, 3.8) is 0 Å². The Bertz CT molecular complexity index is 869. The topological polar surface area (TPSA) is 55.1 Å². The molecule has 0 aliphatic carbocycles. The quantitative estimate of drug-likeness (QED) is 0.675. The Morgan fingerprint density at radius 2 is 2.12 bits per heavy atom. The fourth-order valence-electron chi connectivity index (χ4n) is 3.09. The maximum absolute atomic E-state index is 6.10. The summed E-state index contributed by atoms with van der Waals surface area (Å²) in [6.45, 7) is 2.70. The predicted octanol–water partition coefficient (Wildman–Crippen LogP) is 4.43. The molecule has 1 fully saturated rings. The molecule has 5 nitrogen and oxygen atoms in total. The van der Waals surface area contributed by atoms with E-state index in [0.717, 1.165) is 37.2 Å². The molecule has 0 radical (unpaired) electrons. The molecule has 1 aliphatic rings. The summed E-state index contributed by atoms with van der Waals surface area (Å²) in [7, 11) is 0. The number of hydrogen-bond acceptors (Lipinski definition) is 5. The van der Waals surface area contributed by atoms with E-state index in [1.165, 1.54) is 0 Å². The van der Waals surface area contributed by atoms with E-state index in [4.69, 9.17) is 27.7 Å². The lowest BCUT2D eigenvalue weighted by Crippen LogP contribution is -2.19. The van der Waals surface area contributed by atoms with Crippen LogP contribution in [0.2, 0.25) is 10.0 Å². The molecular weight excluding hydrogens is 359 g/mol. The predicted molar refractivity (Wildman–Crippen MR) is 96.6 cm³/mol. The lowest BCUT2D eigenvalue weighted by atomic mass is 10.1. The lowest BCUT2D eigenvalue weighted by molar-refractivity contribution is 0.309. The molecule has 1 unspecified atom stereocenters. The molecule has 4 rings (SSSR count). The van der Waals surface area contributed by atoms with Gasteiger partial charge in [-0.3, -0.25) is 9.88 Å². The minimum Gasteiger partial charge on any atom is -0.339 e. The molecule has 1 saturated heterocycles. The molecule has 0 bridgehead atoms.